The van der Waals surface area contributed by atoms with E-state index in [1.807, 2.05) is 60.5 Å². The summed E-state index contributed by atoms with van der Waals surface area (Å²) in [5, 5.41) is 3.30. The molecule has 2 aromatic rings. The second-order valence-corrected chi connectivity index (χ2v) is 6.89. The lowest BCUT2D eigenvalue weighted by Gasteiger charge is -2.24. The van der Waals surface area contributed by atoms with E-state index in [4.69, 9.17) is 4.74 Å². The number of para-hydroxylation sites is 1. The molecule has 134 valence electrons. The average molecular weight is 426 g/mol. The number of rotatable bonds is 5. The second-order valence-electron chi connectivity index (χ2n) is 5.98. The monoisotopic (exact) mass is 424 g/mol. The van der Waals surface area contributed by atoms with E-state index in [1.165, 1.54) is 0 Å². The van der Waals surface area contributed by atoms with Crippen LogP contribution in [0, 0.1) is 0 Å². The lowest BCUT2D eigenvalue weighted by Crippen LogP contribution is -2.38. The standard InChI is InChI=1S/C19H21BrN2O2.ClH/c1-22(16-9-10-21-12-16)19(23)17-7-2-3-8-18(17)24-13-14-5-4-6-15(20)11-14;/h2-8,11,16,21H,9-10,12-13H2,1H3;1H. The largest absolute Gasteiger partial charge is 0.488 e. The average Bonchev–Trinajstić information content (AvgIpc) is 3.13. The number of amides is 1. The summed E-state index contributed by atoms with van der Waals surface area (Å²) in [5.74, 6) is 0.633. The quantitative estimate of drug-likeness (QED) is 0.790. The van der Waals surface area contributed by atoms with Crippen molar-refractivity contribution in [3.63, 3.8) is 0 Å². The molecule has 0 radical (unpaired) electrons. The molecule has 2 aromatic carbocycles. The van der Waals surface area contributed by atoms with E-state index in [0.717, 1.165) is 29.5 Å². The lowest BCUT2D eigenvalue weighted by molar-refractivity contribution is 0.0739. The summed E-state index contributed by atoms with van der Waals surface area (Å²) in [4.78, 5) is 14.6. The van der Waals surface area contributed by atoms with Crippen LogP contribution < -0.4 is 10.1 Å². The molecule has 1 heterocycles. The van der Waals surface area contributed by atoms with Crippen molar-refractivity contribution in [2.45, 2.75) is 19.1 Å². The van der Waals surface area contributed by atoms with Gasteiger partial charge < -0.3 is 15.0 Å². The number of carbonyl (C=O) groups excluding carboxylic acids is 1. The van der Waals surface area contributed by atoms with Gasteiger partial charge in [0, 0.05) is 24.1 Å². The molecule has 0 spiro atoms. The third-order valence-corrected chi connectivity index (χ3v) is 4.80. The fraction of sp³-hybridized carbons (Fsp3) is 0.316. The number of halogens is 2. The molecule has 1 saturated heterocycles. The van der Waals surface area contributed by atoms with Crippen LogP contribution in [0.5, 0.6) is 5.75 Å². The number of likely N-dealkylation sites (N-methyl/N-ethyl adjacent to an activating group) is 1. The number of nitrogens with one attached hydrogen (secondary N) is 1. The van der Waals surface area contributed by atoms with Crippen LogP contribution in [-0.4, -0.2) is 37.0 Å². The molecule has 1 N–H and O–H groups in total. The van der Waals surface area contributed by atoms with Gasteiger partial charge >= 0.3 is 0 Å². The van der Waals surface area contributed by atoms with Crippen molar-refractivity contribution in [3.8, 4) is 5.75 Å². The zero-order valence-electron chi connectivity index (χ0n) is 14.1. The van der Waals surface area contributed by atoms with Gasteiger partial charge in [-0.1, -0.05) is 40.2 Å². The highest BCUT2D eigenvalue weighted by Crippen LogP contribution is 2.23. The van der Waals surface area contributed by atoms with E-state index >= 15 is 0 Å². The van der Waals surface area contributed by atoms with Gasteiger partial charge in [-0.25, -0.2) is 0 Å². The minimum Gasteiger partial charge on any atom is -0.488 e. The van der Waals surface area contributed by atoms with Crippen LogP contribution in [0.4, 0.5) is 0 Å². The molecule has 1 fully saturated rings. The van der Waals surface area contributed by atoms with E-state index in [9.17, 15) is 4.79 Å². The van der Waals surface area contributed by atoms with Crippen molar-refractivity contribution in [3.05, 3.63) is 64.1 Å². The Hall–Kier alpha value is -1.56. The van der Waals surface area contributed by atoms with Crippen molar-refractivity contribution < 1.29 is 9.53 Å². The number of ether oxygens (including phenoxy) is 1. The van der Waals surface area contributed by atoms with E-state index in [0.29, 0.717) is 17.9 Å². The van der Waals surface area contributed by atoms with Crippen LogP contribution in [0.2, 0.25) is 0 Å². The summed E-state index contributed by atoms with van der Waals surface area (Å²) in [6, 6.07) is 15.7. The Balaban J connectivity index is 0.00000225. The predicted octanol–water partition coefficient (Wildman–Crippen LogP) is 3.88. The summed E-state index contributed by atoms with van der Waals surface area (Å²) >= 11 is 3.46. The van der Waals surface area contributed by atoms with Crippen LogP contribution in [0.25, 0.3) is 0 Å². The number of benzene rings is 2. The highest BCUT2D eigenvalue weighted by molar-refractivity contribution is 9.10. The molecule has 0 saturated carbocycles. The maximum Gasteiger partial charge on any atom is 0.257 e. The highest BCUT2D eigenvalue weighted by Gasteiger charge is 2.25. The molecule has 6 heteroatoms. The summed E-state index contributed by atoms with van der Waals surface area (Å²) in [6.45, 7) is 2.24. The van der Waals surface area contributed by atoms with Crippen molar-refractivity contribution in [1.82, 2.24) is 10.2 Å². The molecule has 1 atom stereocenters. The molecular formula is C19H22BrClN2O2. The van der Waals surface area contributed by atoms with Crippen molar-refractivity contribution in [2.24, 2.45) is 0 Å². The van der Waals surface area contributed by atoms with E-state index in [2.05, 4.69) is 21.2 Å². The van der Waals surface area contributed by atoms with Crippen molar-refractivity contribution in [1.29, 1.82) is 0 Å². The van der Waals surface area contributed by atoms with E-state index in [1.54, 1.807) is 0 Å². The van der Waals surface area contributed by atoms with Gasteiger partial charge in [-0.15, -0.1) is 12.4 Å². The van der Waals surface area contributed by atoms with Crippen molar-refractivity contribution in [2.75, 3.05) is 20.1 Å². The normalized spacial score (nSPS) is 16.2. The SMILES string of the molecule is CN(C(=O)c1ccccc1OCc1cccc(Br)c1)C1CCNC1.Cl. The Morgan fingerprint density at radius 2 is 2.08 bits per heavy atom. The van der Waals surface area contributed by atoms with Crippen LogP contribution in [-0.2, 0) is 6.61 Å². The van der Waals surface area contributed by atoms with E-state index in [-0.39, 0.29) is 24.4 Å². The molecule has 0 aliphatic carbocycles. The van der Waals surface area contributed by atoms with Gasteiger partial charge in [0.15, 0.2) is 0 Å². The smallest absolute Gasteiger partial charge is 0.257 e. The number of hydrogen-bond donors (Lipinski definition) is 1. The summed E-state index contributed by atoms with van der Waals surface area (Å²) in [7, 11) is 1.87. The predicted molar refractivity (Wildman–Crippen MR) is 106 cm³/mol. The van der Waals surface area contributed by atoms with E-state index < -0.39 is 0 Å². The summed E-state index contributed by atoms with van der Waals surface area (Å²) < 4.78 is 6.94. The molecule has 1 aliphatic rings. The first-order chi connectivity index (χ1) is 11.6. The first-order valence-electron chi connectivity index (χ1n) is 8.09. The molecule has 0 bridgehead atoms. The molecule has 3 rings (SSSR count). The lowest BCUT2D eigenvalue weighted by atomic mass is 10.1. The molecular weight excluding hydrogens is 404 g/mol. The third kappa shape index (κ3) is 4.97. The first kappa shape index (κ1) is 19.8. The Morgan fingerprint density at radius 1 is 1.28 bits per heavy atom. The van der Waals surface area contributed by atoms with Crippen LogP contribution in [0.15, 0.2) is 53.0 Å². The van der Waals surface area contributed by atoms with Gasteiger partial charge in [0.05, 0.1) is 5.56 Å². The molecule has 1 amide bonds. The first-order valence-corrected chi connectivity index (χ1v) is 8.88. The Labute approximate surface area is 163 Å². The maximum absolute atomic E-state index is 12.8. The van der Waals surface area contributed by atoms with Gasteiger partial charge in [-0.05, 0) is 42.8 Å². The fourth-order valence-corrected chi connectivity index (χ4v) is 3.33. The zero-order chi connectivity index (χ0) is 16.9. The topological polar surface area (TPSA) is 41.6 Å². The van der Waals surface area contributed by atoms with Crippen LogP contribution in [0.3, 0.4) is 0 Å². The maximum atomic E-state index is 12.8. The number of nitrogens with zero attached hydrogens (tertiary/aromatic N) is 1. The van der Waals surface area contributed by atoms with Gasteiger partial charge in [-0.2, -0.15) is 0 Å². The highest BCUT2D eigenvalue weighted by atomic mass is 79.9. The second kappa shape index (κ2) is 9.22. The molecule has 4 nitrogen and oxygen atoms in total. The summed E-state index contributed by atoms with van der Waals surface area (Å²) in [5.41, 5.74) is 1.67. The van der Waals surface area contributed by atoms with Crippen LogP contribution in [0.1, 0.15) is 22.3 Å². The Kier molecular flexibility index (Phi) is 7.29. The van der Waals surface area contributed by atoms with Gasteiger partial charge in [0.25, 0.3) is 5.91 Å². The number of carbonyl (C=O) groups is 1. The zero-order valence-corrected chi connectivity index (χ0v) is 16.5. The summed E-state index contributed by atoms with van der Waals surface area (Å²) in [6.07, 6.45) is 0.989. The van der Waals surface area contributed by atoms with Crippen molar-refractivity contribution >= 4 is 34.2 Å². The minimum absolute atomic E-state index is 0. The number of hydrogen-bond acceptors (Lipinski definition) is 3. The Morgan fingerprint density at radius 3 is 2.80 bits per heavy atom. The van der Waals surface area contributed by atoms with Gasteiger partial charge in [-0.3, -0.25) is 4.79 Å². The third-order valence-electron chi connectivity index (χ3n) is 4.30. The van der Waals surface area contributed by atoms with Crippen LogP contribution >= 0.6 is 28.3 Å². The molecule has 1 unspecified atom stereocenters. The molecule has 1 aliphatic heterocycles. The molecule has 0 aromatic heterocycles. The Bertz CT molecular complexity index is 720. The minimum atomic E-state index is 0. The molecule has 25 heavy (non-hydrogen) atoms. The van der Waals surface area contributed by atoms with Gasteiger partial charge in [0.2, 0.25) is 0 Å². The van der Waals surface area contributed by atoms with Gasteiger partial charge in [0.1, 0.15) is 12.4 Å². The fourth-order valence-electron chi connectivity index (χ4n) is 2.88.